The van der Waals surface area contributed by atoms with Gasteiger partial charge in [0.15, 0.2) is 0 Å². The summed E-state index contributed by atoms with van der Waals surface area (Å²) in [6.07, 6.45) is 3.95. The van der Waals surface area contributed by atoms with Gasteiger partial charge in [-0.2, -0.15) is 0 Å². The van der Waals surface area contributed by atoms with Crippen LogP contribution in [-0.4, -0.2) is 36.1 Å². The Morgan fingerprint density at radius 2 is 2.00 bits per heavy atom. The summed E-state index contributed by atoms with van der Waals surface area (Å²) >= 11 is 6.39. The third-order valence-corrected chi connectivity index (χ3v) is 4.47. The lowest BCUT2D eigenvalue weighted by Crippen LogP contribution is -2.24. The molecule has 0 unspecified atom stereocenters. The van der Waals surface area contributed by atoms with Crippen molar-refractivity contribution in [2.45, 2.75) is 25.8 Å². The molecule has 2 N–H and O–H groups in total. The van der Waals surface area contributed by atoms with Crippen molar-refractivity contribution in [2.24, 2.45) is 0 Å². The Morgan fingerprint density at radius 1 is 1.20 bits per heavy atom. The maximum absolute atomic E-state index is 6.39. The van der Waals surface area contributed by atoms with Gasteiger partial charge in [-0.05, 0) is 51.5 Å². The van der Waals surface area contributed by atoms with Gasteiger partial charge in [0.1, 0.15) is 0 Å². The average Bonchev–Trinajstić information content (AvgIpc) is 3.08. The highest BCUT2D eigenvalue weighted by atomic mass is 35.5. The van der Waals surface area contributed by atoms with Gasteiger partial charge in [-0.3, -0.25) is 0 Å². The van der Waals surface area contributed by atoms with Crippen LogP contribution in [0.4, 0.5) is 0 Å². The molecule has 0 amide bonds. The quantitative estimate of drug-likeness (QED) is 0.799. The number of halogens is 1. The molecule has 1 aliphatic rings. The number of hydrogen-bond acceptors (Lipinski definition) is 2. The van der Waals surface area contributed by atoms with Crippen LogP contribution in [0.25, 0.3) is 10.9 Å². The minimum Gasteiger partial charge on any atom is -0.356 e. The average molecular weight is 292 g/mol. The first kappa shape index (κ1) is 13.9. The minimum absolute atomic E-state index is 0.813. The molecule has 1 aliphatic heterocycles. The molecule has 108 valence electrons. The third-order valence-electron chi connectivity index (χ3n) is 4.04. The van der Waals surface area contributed by atoms with Crippen LogP contribution in [0.3, 0.4) is 0 Å². The van der Waals surface area contributed by atoms with Crippen LogP contribution in [0.2, 0.25) is 5.02 Å². The van der Waals surface area contributed by atoms with Crippen molar-refractivity contribution < 1.29 is 0 Å². The highest BCUT2D eigenvalue weighted by Gasteiger charge is 2.11. The van der Waals surface area contributed by atoms with Crippen molar-refractivity contribution in [3.05, 3.63) is 35.0 Å². The molecular formula is C16H22ClN3. The Balaban J connectivity index is 1.46. The molecule has 0 spiro atoms. The first-order valence-corrected chi connectivity index (χ1v) is 7.90. The van der Waals surface area contributed by atoms with E-state index in [1.807, 2.05) is 12.1 Å². The van der Waals surface area contributed by atoms with E-state index in [9.17, 15) is 0 Å². The summed E-state index contributed by atoms with van der Waals surface area (Å²) in [5, 5.41) is 5.45. The lowest BCUT2D eigenvalue weighted by molar-refractivity contribution is 0.331. The Labute approximate surface area is 125 Å². The number of fused-ring (bicyclic) bond motifs is 1. The van der Waals surface area contributed by atoms with Crippen LogP contribution in [0.1, 0.15) is 25.0 Å². The molecule has 0 aliphatic carbocycles. The second-order valence-electron chi connectivity index (χ2n) is 5.54. The molecule has 4 heteroatoms. The molecule has 1 fully saturated rings. The van der Waals surface area contributed by atoms with Gasteiger partial charge in [0.2, 0.25) is 0 Å². The van der Waals surface area contributed by atoms with Crippen molar-refractivity contribution in [3.8, 4) is 0 Å². The van der Waals surface area contributed by atoms with Gasteiger partial charge in [0.25, 0.3) is 0 Å². The summed E-state index contributed by atoms with van der Waals surface area (Å²) in [6.45, 7) is 5.64. The first-order chi connectivity index (χ1) is 9.84. The van der Waals surface area contributed by atoms with Gasteiger partial charge in [0.05, 0.1) is 5.02 Å². The fourth-order valence-corrected chi connectivity index (χ4v) is 3.21. The van der Waals surface area contributed by atoms with Gasteiger partial charge in [-0.15, -0.1) is 0 Å². The summed E-state index contributed by atoms with van der Waals surface area (Å²) in [5.74, 6) is 0. The van der Waals surface area contributed by atoms with Gasteiger partial charge in [0, 0.05) is 23.1 Å². The van der Waals surface area contributed by atoms with Gasteiger partial charge >= 0.3 is 0 Å². The molecule has 3 rings (SSSR count). The van der Waals surface area contributed by atoms with Crippen molar-refractivity contribution in [1.29, 1.82) is 0 Å². The second kappa shape index (κ2) is 6.61. The highest BCUT2D eigenvalue weighted by Crippen LogP contribution is 2.26. The second-order valence-corrected chi connectivity index (χ2v) is 5.92. The molecule has 1 saturated heterocycles. The number of rotatable bonds is 6. The molecule has 1 aromatic carbocycles. The lowest BCUT2D eigenvalue weighted by atomic mass is 10.2. The van der Waals surface area contributed by atoms with Crippen LogP contribution < -0.4 is 5.32 Å². The van der Waals surface area contributed by atoms with Crippen LogP contribution in [-0.2, 0) is 6.54 Å². The van der Waals surface area contributed by atoms with Crippen LogP contribution in [0.5, 0.6) is 0 Å². The van der Waals surface area contributed by atoms with Crippen molar-refractivity contribution in [2.75, 3.05) is 26.2 Å². The number of hydrogen-bond donors (Lipinski definition) is 2. The van der Waals surface area contributed by atoms with Crippen molar-refractivity contribution in [3.63, 3.8) is 0 Å². The zero-order chi connectivity index (χ0) is 13.8. The van der Waals surface area contributed by atoms with E-state index in [1.165, 1.54) is 38.9 Å². The summed E-state index contributed by atoms with van der Waals surface area (Å²) in [4.78, 5) is 5.94. The zero-order valence-corrected chi connectivity index (χ0v) is 12.5. The van der Waals surface area contributed by atoms with E-state index in [2.05, 4.69) is 27.3 Å². The van der Waals surface area contributed by atoms with Crippen LogP contribution in [0, 0.1) is 0 Å². The van der Waals surface area contributed by atoms with Crippen molar-refractivity contribution >= 4 is 22.5 Å². The minimum atomic E-state index is 0.813. The summed E-state index contributed by atoms with van der Waals surface area (Å²) in [7, 11) is 0. The molecule has 20 heavy (non-hydrogen) atoms. The maximum atomic E-state index is 6.39. The van der Waals surface area contributed by atoms with E-state index in [0.29, 0.717) is 0 Å². The maximum Gasteiger partial charge on any atom is 0.0705 e. The predicted molar refractivity (Wildman–Crippen MR) is 85.3 cm³/mol. The lowest BCUT2D eigenvalue weighted by Gasteiger charge is -2.14. The largest absolute Gasteiger partial charge is 0.356 e. The van der Waals surface area contributed by atoms with E-state index in [4.69, 9.17) is 11.6 Å². The monoisotopic (exact) mass is 291 g/mol. The normalized spacial score (nSPS) is 16.2. The molecular weight excluding hydrogens is 270 g/mol. The van der Waals surface area contributed by atoms with Crippen LogP contribution in [0.15, 0.2) is 24.3 Å². The smallest absolute Gasteiger partial charge is 0.0705 e. The van der Waals surface area contributed by atoms with E-state index in [-0.39, 0.29) is 0 Å². The number of nitrogens with zero attached hydrogens (tertiary/aromatic N) is 1. The topological polar surface area (TPSA) is 31.1 Å². The first-order valence-electron chi connectivity index (χ1n) is 7.53. The summed E-state index contributed by atoms with van der Waals surface area (Å²) < 4.78 is 0. The molecule has 0 radical (unpaired) electrons. The number of nitrogens with one attached hydrogen (secondary N) is 2. The number of aromatic amines is 1. The van der Waals surface area contributed by atoms with E-state index < -0.39 is 0 Å². The molecule has 1 aromatic heterocycles. The van der Waals surface area contributed by atoms with E-state index in [0.717, 1.165) is 34.7 Å². The predicted octanol–water partition coefficient (Wildman–Crippen LogP) is 3.40. The van der Waals surface area contributed by atoms with E-state index in [1.54, 1.807) is 0 Å². The molecule has 0 atom stereocenters. The number of para-hydroxylation sites is 1. The number of likely N-dealkylation sites (tertiary alicyclic amines) is 1. The molecule has 0 saturated carbocycles. The molecule has 2 aromatic rings. The SMILES string of the molecule is Clc1c(CNCCCN2CCCC2)[nH]c2ccccc12. The van der Waals surface area contributed by atoms with Crippen LogP contribution >= 0.6 is 11.6 Å². The Morgan fingerprint density at radius 3 is 2.80 bits per heavy atom. The van der Waals surface area contributed by atoms with Gasteiger partial charge < -0.3 is 15.2 Å². The standard InChI is InChI=1S/C16H22ClN3/c17-16-13-6-1-2-7-14(13)19-15(16)12-18-8-5-11-20-9-3-4-10-20/h1-2,6-7,18-19H,3-5,8-12H2. The van der Waals surface area contributed by atoms with Crippen molar-refractivity contribution in [1.82, 2.24) is 15.2 Å². The Kier molecular flexibility index (Phi) is 4.61. The number of benzene rings is 1. The van der Waals surface area contributed by atoms with Gasteiger partial charge in [-0.25, -0.2) is 0 Å². The van der Waals surface area contributed by atoms with E-state index >= 15 is 0 Å². The molecule has 2 heterocycles. The number of H-pyrrole nitrogens is 1. The number of aromatic nitrogens is 1. The summed E-state index contributed by atoms with van der Waals surface area (Å²) in [6, 6.07) is 8.18. The molecule has 0 bridgehead atoms. The fourth-order valence-electron chi connectivity index (χ4n) is 2.93. The highest BCUT2D eigenvalue weighted by molar-refractivity contribution is 6.36. The fraction of sp³-hybridized carbons (Fsp3) is 0.500. The Hall–Kier alpha value is -1.03. The Bertz CT molecular complexity index is 558. The molecule has 3 nitrogen and oxygen atoms in total. The van der Waals surface area contributed by atoms with Gasteiger partial charge in [-0.1, -0.05) is 29.8 Å². The third kappa shape index (κ3) is 3.17. The zero-order valence-electron chi connectivity index (χ0n) is 11.8. The summed E-state index contributed by atoms with van der Waals surface area (Å²) in [5.41, 5.74) is 2.21.